The summed E-state index contributed by atoms with van der Waals surface area (Å²) in [7, 11) is -4.25. The van der Waals surface area contributed by atoms with Crippen LogP contribution < -0.4 is 20.9 Å². The molecule has 0 saturated heterocycles. The van der Waals surface area contributed by atoms with Crippen molar-refractivity contribution in [3.63, 3.8) is 0 Å². The highest BCUT2D eigenvalue weighted by molar-refractivity contribution is 7.90. The maximum atomic E-state index is 13.2. The van der Waals surface area contributed by atoms with E-state index in [9.17, 15) is 12.8 Å². The first-order chi connectivity index (χ1) is 15.0. The molecule has 2 aromatic heterocycles. The zero-order valence-corrected chi connectivity index (χ0v) is 18.1. The number of nitrogens with one attached hydrogen (secondary N) is 2. The van der Waals surface area contributed by atoms with Crippen molar-refractivity contribution in [1.29, 1.82) is 0 Å². The van der Waals surface area contributed by atoms with Crippen molar-refractivity contribution < 1.29 is 17.5 Å². The summed E-state index contributed by atoms with van der Waals surface area (Å²) in [6.45, 7) is 1.17. The number of anilines is 1. The van der Waals surface area contributed by atoms with Crippen molar-refractivity contribution in [3.8, 4) is 23.0 Å². The summed E-state index contributed by atoms with van der Waals surface area (Å²) < 4.78 is 42.8. The molecule has 2 heterocycles. The van der Waals surface area contributed by atoms with Crippen molar-refractivity contribution in [1.82, 2.24) is 20.2 Å². The fraction of sp³-hybridized carbons (Fsp3) is 0.105. The lowest BCUT2D eigenvalue weighted by Crippen LogP contribution is -2.55. The molecule has 0 radical (unpaired) electrons. The Morgan fingerprint density at radius 2 is 1.84 bits per heavy atom. The van der Waals surface area contributed by atoms with Crippen LogP contribution in [0, 0.1) is 5.82 Å². The number of nitrogens with two attached hydrogens (primary N) is 2. The van der Waals surface area contributed by atoms with Gasteiger partial charge in [-0.05, 0) is 37.3 Å². The van der Waals surface area contributed by atoms with E-state index in [2.05, 4.69) is 25.5 Å². The third kappa shape index (κ3) is 4.21. The summed E-state index contributed by atoms with van der Waals surface area (Å²) in [5.74, 6) is -0.208. The molecule has 0 aliphatic rings. The zero-order chi connectivity index (χ0) is 23.1. The molecule has 166 valence electrons. The Morgan fingerprint density at radius 3 is 2.50 bits per heavy atom. The smallest absolute Gasteiger partial charge is 0.326 e. The number of H-pyrrole nitrogens is 1. The number of ether oxygens (including phenoxy) is 1. The molecular weight excluding hydrogens is 461 g/mol. The van der Waals surface area contributed by atoms with Gasteiger partial charge in [-0.1, -0.05) is 29.8 Å². The van der Waals surface area contributed by atoms with Gasteiger partial charge in [-0.15, -0.1) is 0 Å². The third-order valence-electron chi connectivity index (χ3n) is 4.51. The Kier molecular flexibility index (Phi) is 5.46. The largest absolute Gasteiger partial charge is 0.424 e. The van der Waals surface area contributed by atoms with Crippen LogP contribution in [0.2, 0.25) is 5.02 Å². The van der Waals surface area contributed by atoms with Crippen LogP contribution in [0.3, 0.4) is 0 Å². The molecule has 4 aromatic rings. The highest BCUT2D eigenvalue weighted by atomic mass is 35.5. The van der Waals surface area contributed by atoms with Gasteiger partial charge in [0.15, 0.2) is 5.65 Å². The van der Waals surface area contributed by atoms with Crippen LogP contribution in [0.4, 0.5) is 10.2 Å². The van der Waals surface area contributed by atoms with Gasteiger partial charge in [0.2, 0.25) is 15.0 Å². The van der Waals surface area contributed by atoms with E-state index in [1.165, 1.54) is 31.2 Å². The number of rotatable bonds is 6. The van der Waals surface area contributed by atoms with Gasteiger partial charge in [-0.25, -0.2) is 17.9 Å². The van der Waals surface area contributed by atoms with Gasteiger partial charge in [-0.2, -0.15) is 15.1 Å². The Hall–Kier alpha value is -3.32. The van der Waals surface area contributed by atoms with Crippen LogP contribution in [0.15, 0.2) is 48.5 Å². The summed E-state index contributed by atoms with van der Waals surface area (Å²) in [4.78, 5) is 6.45. The number of hydrogen-bond donors (Lipinski definition) is 4. The highest BCUT2D eigenvalue weighted by Gasteiger charge is 2.34. The second-order valence-corrected chi connectivity index (χ2v) is 9.31. The fourth-order valence-corrected chi connectivity index (χ4v) is 3.27. The minimum Gasteiger partial charge on any atom is -0.424 e. The second kappa shape index (κ2) is 7.98. The minimum absolute atomic E-state index is 0.0187. The first-order valence-corrected chi connectivity index (χ1v) is 11.0. The van der Waals surface area contributed by atoms with Gasteiger partial charge >= 0.3 is 6.01 Å². The van der Waals surface area contributed by atoms with E-state index in [0.29, 0.717) is 21.7 Å². The van der Waals surface area contributed by atoms with Gasteiger partial charge in [0.05, 0.1) is 10.4 Å². The lowest BCUT2D eigenvalue weighted by Gasteiger charge is -2.24. The van der Waals surface area contributed by atoms with Crippen LogP contribution >= 0.6 is 11.6 Å². The molecule has 32 heavy (non-hydrogen) atoms. The average molecular weight is 478 g/mol. The molecule has 0 amide bonds. The second-order valence-electron chi connectivity index (χ2n) is 6.96. The number of nitrogens with zero attached hydrogens (tertiary/aromatic N) is 3. The molecule has 10 nitrogen and oxygen atoms in total. The van der Waals surface area contributed by atoms with Crippen molar-refractivity contribution in [2.45, 2.75) is 11.9 Å². The van der Waals surface area contributed by atoms with Crippen LogP contribution in [0.5, 0.6) is 11.8 Å². The predicted molar refractivity (Wildman–Crippen MR) is 118 cm³/mol. The van der Waals surface area contributed by atoms with E-state index in [1.807, 2.05) is 0 Å². The average Bonchev–Trinajstić information content (AvgIpc) is 3.13. The van der Waals surface area contributed by atoms with Gasteiger partial charge < -0.3 is 10.1 Å². The number of aromatic nitrogens is 4. The molecule has 6 N–H and O–H groups in total. The van der Waals surface area contributed by atoms with Gasteiger partial charge in [-0.3, -0.25) is 10.8 Å². The molecule has 0 aliphatic carbocycles. The number of aromatic amines is 1. The van der Waals surface area contributed by atoms with Crippen molar-refractivity contribution >= 4 is 38.5 Å². The number of sulfonamides is 1. The van der Waals surface area contributed by atoms with Gasteiger partial charge in [0, 0.05) is 5.56 Å². The summed E-state index contributed by atoms with van der Waals surface area (Å²) in [6, 6.07) is 11.9. The number of primary sulfonamides is 1. The van der Waals surface area contributed by atoms with Crippen molar-refractivity contribution in [2.75, 3.05) is 5.32 Å². The maximum absolute atomic E-state index is 13.2. The van der Waals surface area contributed by atoms with Crippen LogP contribution in [-0.4, -0.2) is 33.6 Å². The van der Waals surface area contributed by atoms with E-state index < -0.39 is 20.8 Å². The minimum atomic E-state index is -4.25. The molecule has 1 unspecified atom stereocenters. The molecule has 13 heteroatoms. The van der Waals surface area contributed by atoms with E-state index in [1.54, 1.807) is 24.3 Å². The maximum Gasteiger partial charge on any atom is 0.326 e. The van der Waals surface area contributed by atoms with E-state index in [0.717, 1.165) is 0 Å². The van der Waals surface area contributed by atoms with E-state index >= 15 is 0 Å². The lowest BCUT2D eigenvalue weighted by atomic mass is 10.1. The Labute approximate surface area is 186 Å². The highest BCUT2D eigenvalue weighted by Crippen LogP contribution is 2.36. The summed E-state index contributed by atoms with van der Waals surface area (Å²) in [6.07, 6.45) is 0. The monoisotopic (exact) mass is 477 g/mol. The number of benzene rings is 2. The molecule has 0 spiro atoms. The first kappa shape index (κ1) is 21.9. The van der Waals surface area contributed by atoms with Crippen LogP contribution in [-0.2, 0) is 10.0 Å². The SMILES string of the molecule is CC(N)(Nc1nc(Oc2ccc(F)cc2)nc2[nH]nc(-c3ccccc3Cl)c12)S(N)(=O)=O. The zero-order valence-electron chi connectivity index (χ0n) is 16.5. The Bertz CT molecular complexity index is 1410. The topological polar surface area (TPSA) is 162 Å². The van der Waals surface area contributed by atoms with E-state index in [4.69, 9.17) is 27.2 Å². The molecule has 1 atom stereocenters. The van der Waals surface area contributed by atoms with Crippen molar-refractivity contribution in [2.24, 2.45) is 10.9 Å². The summed E-state index contributed by atoms with van der Waals surface area (Å²) >= 11 is 6.31. The number of halogens is 2. The molecule has 2 aromatic carbocycles. The standard InChI is InChI=1S/C19H17ClFN7O3S/c1-19(22,32(23,29)30)26-16-14-15(12-4-2-3-5-13(12)20)27-28-17(14)25-18(24-16)31-11-8-6-10(21)7-9-11/h2-9H,22H2,1H3,(H2,23,29,30)(H2,24,25,26,27,28). The molecule has 0 fully saturated rings. The van der Waals surface area contributed by atoms with Crippen molar-refractivity contribution in [3.05, 3.63) is 59.4 Å². The molecule has 0 saturated carbocycles. The quantitative estimate of drug-likeness (QED) is 0.308. The summed E-state index contributed by atoms with van der Waals surface area (Å²) in [5, 5.41) is 15.6. The number of fused-ring (bicyclic) bond motifs is 1. The van der Waals surface area contributed by atoms with Crippen LogP contribution in [0.25, 0.3) is 22.3 Å². The Morgan fingerprint density at radius 1 is 1.16 bits per heavy atom. The first-order valence-electron chi connectivity index (χ1n) is 9.09. The van der Waals surface area contributed by atoms with Gasteiger partial charge in [0.1, 0.15) is 23.1 Å². The molecule has 0 bridgehead atoms. The molecule has 4 rings (SSSR count). The Balaban J connectivity index is 1.89. The van der Waals surface area contributed by atoms with Crippen LogP contribution in [0.1, 0.15) is 6.92 Å². The van der Waals surface area contributed by atoms with Gasteiger partial charge in [0.25, 0.3) is 0 Å². The van der Waals surface area contributed by atoms with E-state index in [-0.39, 0.29) is 23.2 Å². The number of hydrogen-bond acceptors (Lipinski definition) is 8. The fourth-order valence-electron chi connectivity index (χ4n) is 2.81. The predicted octanol–water partition coefficient (Wildman–Crippen LogP) is 2.94. The molecular formula is C19H17ClFN7O3S. The normalized spacial score (nSPS) is 13.7. The molecule has 0 aliphatic heterocycles. The lowest BCUT2D eigenvalue weighted by molar-refractivity contribution is 0.443. The summed E-state index contributed by atoms with van der Waals surface area (Å²) in [5.41, 5.74) is 7.01. The third-order valence-corrected chi connectivity index (χ3v) is 6.12.